The van der Waals surface area contributed by atoms with Gasteiger partial charge in [-0.3, -0.25) is 0 Å². The Morgan fingerprint density at radius 2 is 1.81 bits per heavy atom. The monoisotopic (exact) mass is 551 g/mol. The van der Waals surface area contributed by atoms with E-state index in [4.69, 9.17) is 8.86 Å². The fraction of sp³-hybridized carbons (Fsp3) is 0.0952. The number of aromatic nitrogens is 1. The average molecular weight is 554 g/mol. The fourth-order valence-corrected chi connectivity index (χ4v) is 10.6. The van der Waals surface area contributed by atoms with Crippen LogP contribution in [0.15, 0.2) is 59.3 Å². The predicted molar refractivity (Wildman–Crippen MR) is 106 cm³/mol. The molecule has 0 aliphatic heterocycles. The molecule has 1 aromatic heterocycles. The van der Waals surface area contributed by atoms with Crippen molar-refractivity contribution in [3.63, 3.8) is 0 Å². The van der Waals surface area contributed by atoms with Crippen LogP contribution in [0.25, 0.3) is 17.2 Å². The molecule has 134 valence electrons. The third kappa shape index (κ3) is 3.60. The van der Waals surface area contributed by atoms with Crippen molar-refractivity contribution in [1.29, 1.82) is 0 Å². The van der Waals surface area contributed by atoms with Gasteiger partial charge in [0.15, 0.2) is 0 Å². The van der Waals surface area contributed by atoms with E-state index in [9.17, 15) is 0 Å². The van der Waals surface area contributed by atoms with E-state index in [0.29, 0.717) is 0 Å². The topological polar surface area (TPSA) is 12.9 Å². The van der Waals surface area contributed by atoms with Crippen molar-refractivity contribution >= 4 is 37.4 Å². The van der Waals surface area contributed by atoms with E-state index in [-0.39, 0.29) is 24.8 Å². The van der Waals surface area contributed by atoms with Crippen LogP contribution in [0.3, 0.4) is 0 Å². The fourth-order valence-electron chi connectivity index (χ4n) is 3.90. The molecule has 5 rings (SSSR count). The number of hydrogen-bond donors (Lipinski definition) is 0. The predicted octanol–water partition coefficient (Wildman–Crippen LogP) is -1.33. The first kappa shape index (κ1) is 21.2. The molecule has 6 heteroatoms. The Morgan fingerprint density at radius 1 is 0.963 bits per heavy atom. The van der Waals surface area contributed by atoms with Crippen LogP contribution in [0, 0.1) is 0 Å². The third-order valence-electron chi connectivity index (χ3n) is 5.09. The normalized spacial score (nSPS) is 12.1. The van der Waals surface area contributed by atoms with Crippen LogP contribution in [0.1, 0.15) is 22.3 Å². The maximum atomic E-state index is 6.20. The third-order valence-corrected chi connectivity index (χ3v) is 12.7. The number of fused-ring (bicyclic) bond motifs is 4. The maximum absolute atomic E-state index is 6.20. The molecule has 0 unspecified atom stereocenters. The molecule has 0 atom stereocenters. The molecule has 27 heavy (non-hydrogen) atoms. The van der Waals surface area contributed by atoms with Crippen molar-refractivity contribution in [2.45, 2.75) is 12.8 Å². The van der Waals surface area contributed by atoms with Crippen LogP contribution in [-0.2, 0) is 32.6 Å². The van der Waals surface area contributed by atoms with Crippen molar-refractivity contribution in [3.8, 4) is 11.1 Å². The van der Waals surface area contributed by atoms with Gasteiger partial charge < -0.3 is 24.8 Å². The van der Waals surface area contributed by atoms with Gasteiger partial charge in [-0.2, -0.15) is 0 Å². The Labute approximate surface area is 190 Å². The van der Waals surface area contributed by atoms with Crippen LogP contribution in [0.2, 0.25) is 0 Å². The summed E-state index contributed by atoms with van der Waals surface area (Å²) >= 11 is 1.23. The second-order valence-corrected chi connectivity index (χ2v) is 14.1. The van der Waals surface area contributed by atoms with Crippen molar-refractivity contribution < 1.29 is 44.5 Å². The van der Waals surface area contributed by atoms with Crippen LogP contribution >= 0.6 is 24.8 Å². The minimum absolute atomic E-state index is 0. The van der Waals surface area contributed by atoms with Gasteiger partial charge >= 0.3 is 168 Å². The summed E-state index contributed by atoms with van der Waals surface area (Å²) in [5.41, 5.74) is 8.22. The van der Waals surface area contributed by atoms with E-state index in [1.807, 2.05) is 6.20 Å². The van der Waals surface area contributed by atoms with E-state index in [1.54, 1.807) is 0 Å². The number of benzene rings is 2. The summed E-state index contributed by atoms with van der Waals surface area (Å²) in [6, 6.07) is 13.2. The summed E-state index contributed by atoms with van der Waals surface area (Å²) in [4.78, 5) is 4.57. The Bertz CT molecular complexity index is 1100. The van der Waals surface area contributed by atoms with Gasteiger partial charge in [-0.25, -0.2) is 0 Å². The van der Waals surface area contributed by atoms with Crippen molar-refractivity contribution in [1.82, 2.24) is 4.98 Å². The van der Waals surface area contributed by atoms with Gasteiger partial charge in [0, 0.05) is 0 Å². The van der Waals surface area contributed by atoms with Crippen LogP contribution in [-0.4, -0.2) is 4.98 Å². The molecule has 2 aliphatic rings. The number of halogens is 3. The first-order valence-electron chi connectivity index (χ1n) is 8.31. The minimum atomic E-state index is -2.37. The molecular formula is C21H14BrCl2NSZr. The van der Waals surface area contributed by atoms with Crippen molar-refractivity contribution in [3.05, 3.63) is 81.6 Å². The van der Waals surface area contributed by atoms with E-state index in [1.165, 1.54) is 39.9 Å². The molecule has 1 heterocycles. The van der Waals surface area contributed by atoms with Crippen LogP contribution in [0.4, 0.5) is 0 Å². The molecule has 1 nitrogen and oxygen atoms in total. The van der Waals surface area contributed by atoms with Gasteiger partial charge in [0.2, 0.25) is 0 Å². The number of hydrogen-bond acceptors (Lipinski definition) is 2. The van der Waals surface area contributed by atoms with Crippen LogP contribution in [0.5, 0.6) is 0 Å². The molecule has 0 saturated heterocycles. The number of nitrogens with zero attached hydrogens (tertiary/aromatic N) is 1. The summed E-state index contributed by atoms with van der Waals surface area (Å²) in [5.74, 6) is 0. The summed E-state index contributed by atoms with van der Waals surface area (Å²) in [5, 5.41) is 0. The van der Waals surface area contributed by atoms with E-state index in [2.05, 4.69) is 75.7 Å². The number of rotatable bonds is 2. The summed E-state index contributed by atoms with van der Waals surface area (Å²) in [6.45, 7) is 0. The van der Waals surface area contributed by atoms with Crippen molar-refractivity contribution in [2.75, 3.05) is 0 Å². The Hall–Kier alpha value is -0.507. The van der Waals surface area contributed by atoms with Crippen LogP contribution < -0.4 is 31.4 Å². The van der Waals surface area contributed by atoms with Gasteiger partial charge in [0.1, 0.15) is 0 Å². The van der Waals surface area contributed by atoms with Gasteiger partial charge in [-0.1, -0.05) is 0 Å². The Kier molecular flexibility index (Phi) is 6.65. The zero-order valence-electron chi connectivity index (χ0n) is 14.2. The number of allylic oxidation sites excluding steroid dienone is 1. The Balaban J connectivity index is 0.00000105. The molecule has 2 aliphatic carbocycles. The molecule has 0 bridgehead atoms. The summed E-state index contributed by atoms with van der Waals surface area (Å²) in [7, 11) is 6.20. The standard InChI is InChI=1S/C12H7BrN.C9H7.2ClH.S.Zr/c13-10-1-2-11-9(6-10)5-8-3-4-14-7-12(8)11;1-2-5-9-7-3-6-8(9)4-1;;;;/h1-2,4,6-7H,5H2;1-4,7H,6H2;2*1H;;/q;;;;;+2/p-2. The molecule has 3 aromatic rings. The molecule has 0 N–H and O–H groups in total. The molecule has 0 saturated carbocycles. The summed E-state index contributed by atoms with van der Waals surface area (Å²) < 4.78 is 3.93. The van der Waals surface area contributed by atoms with Gasteiger partial charge in [-0.05, 0) is 0 Å². The first-order chi connectivity index (χ1) is 12.2. The second kappa shape index (κ2) is 8.47. The average Bonchev–Trinajstić information content (AvgIpc) is 3.24. The van der Waals surface area contributed by atoms with E-state index >= 15 is 0 Å². The van der Waals surface area contributed by atoms with Gasteiger partial charge in [-0.15, -0.1) is 0 Å². The SMILES string of the molecule is [Cl-].[Cl-].[S]=[Zr+2]([c]1cccc2c1C=CC2)[c]1cncc2c1Cc1cc(Br)ccc1-2. The molecule has 0 spiro atoms. The second-order valence-electron chi connectivity index (χ2n) is 6.51. The van der Waals surface area contributed by atoms with Gasteiger partial charge in [0.25, 0.3) is 0 Å². The van der Waals surface area contributed by atoms with E-state index < -0.39 is 19.7 Å². The quantitative estimate of drug-likeness (QED) is 0.305. The molecular weight excluding hydrogens is 540 g/mol. The molecule has 0 amide bonds. The van der Waals surface area contributed by atoms with Crippen molar-refractivity contribution in [2.24, 2.45) is 0 Å². The molecule has 2 aromatic carbocycles. The zero-order valence-corrected chi connectivity index (χ0v) is 20.5. The first-order valence-corrected chi connectivity index (χ1v) is 15.0. The Morgan fingerprint density at radius 3 is 2.67 bits per heavy atom. The van der Waals surface area contributed by atoms with Gasteiger partial charge in [0.05, 0.1) is 0 Å². The molecule has 0 fully saturated rings. The zero-order chi connectivity index (χ0) is 17.0. The summed E-state index contributed by atoms with van der Waals surface area (Å²) in [6.07, 6.45) is 10.6. The number of pyridine rings is 1. The molecule has 0 radical (unpaired) electrons. The van der Waals surface area contributed by atoms with E-state index in [0.717, 1.165) is 17.3 Å².